The van der Waals surface area contributed by atoms with Crippen molar-refractivity contribution in [2.45, 2.75) is 69.7 Å². The van der Waals surface area contributed by atoms with Gasteiger partial charge >= 0.3 is 6.03 Å². The predicted octanol–water partition coefficient (Wildman–Crippen LogP) is 4.40. The molecular formula is C20H33FN2O2. The molecule has 0 spiro atoms. The van der Waals surface area contributed by atoms with Crippen LogP contribution in [0.5, 0.6) is 0 Å². The Morgan fingerprint density at radius 3 is 2.28 bits per heavy atom. The monoisotopic (exact) mass is 352 g/mol. The zero-order chi connectivity index (χ0) is 17.9. The number of hydrogen-bond donors (Lipinski definition) is 1. The van der Waals surface area contributed by atoms with Gasteiger partial charge in [0.05, 0.1) is 6.61 Å². The third kappa shape index (κ3) is 4.36. The summed E-state index contributed by atoms with van der Waals surface area (Å²) >= 11 is 0. The molecule has 0 aliphatic heterocycles. The van der Waals surface area contributed by atoms with E-state index in [-0.39, 0.29) is 24.0 Å². The molecule has 25 heavy (non-hydrogen) atoms. The predicted molar refractivity (Wildman–Crippen MR) is 96.7 cm³/mol. The Hall–Kier alpha value is -1.10. The summed E-state index contributed by atoms with van der Waals surface area (Å²) in [5.74, 6) is 2.22. The fourth-order valence-electron chi connectivity index (χ4n) is 6.02. The zero-order valence-corrected chi connectivity index (χ0v) is 15.5. The molecular weight excluding hydrogens is 319 g/mol. The highest BCUT2D eigenvalue weighted by Crippen LogP contribution is 2.57. The average molecular weight is 352 g/mol. The molecule has 0 radical (unpaired) electrons. The first-order valence-corrected chi connectivity index (χ1v) is 9.93. The number of nitrogens with two attached hydrogens (primary N) is 1. The van der Waals surface area contributed by atoms with Crippen molar-refractivity contribution >= 4 is 6.03 Å². The topological polar surface area (TPSA) is 55.6 Å². The van der Waals surface area contributed by atoms with Crippen LogP contribution in [0.4, 0.5) is 9.18 Å². The van der Waals surface area contributed by atoms with Gasteiger partial charge in [0.15, 0.2) is 0 Å². The van der Waals surface area contributed by atoms with Gasteiger partial charge in [-0.1, -0.05) is 12.5 Å². The number of halogens is 1. The van der Waals surface area contributed by atoms with Gasteiger partial charge in [-0.3, -0.25) is 0 Å². The van der Waals surface area contributed by atoms with Crippen LogP contribution in [-0.4, -0.2) is 36.7 Å². The summed E-state index contributed by atoms with van der Waals surface area (Å²) in [6.07, 6.45) is 12.8. The van der Waals surface area contributed by atoms with E-state index in [9.17, 15) is 9.18 Å². The molecule has 0 unspecified atom stereocenters. The molecule has 0 saturated heterocycles. The van der Waals surface area contributed by atoms with Crippen molar-refractivity contribution in [1.29, 1.82) is 0 Å². The molecule has 4 bridgehead atoms. The van der Waals surface area contributed by atoms with Gasteiger partial charge < -0.3 is 15.4 Å². The fraction of sp³-hybridized carbons (Fsp3) is 0.850. The lowest BCUT2D eigenvalue weighted by Gasteiger charge is -2.60. The van der Waals surface area contributed by atoms with Crippen LogP contribution in [0.2, 0.25) is 0 Å². The summed E-state index contributed by atoms with van der Waals surface area (Å²) < 4.78 is 18.0. The Bertz CT molecular complexity index is 471. The SMILES string of the molecule is COC/C(F)=C/CCCCCN(C(N)=O)C12CC3CC(CC(C3)C1)C2. The van der Waals surface area contributed by atoms with Crippen molar-refractivity contribution in [2.75, 3.05) is 20.3 Å². The van der Waals surface area contributed by atoms with Crippen LogP contribution in [0, 0.1) is 17.8 Å². The number of rotatable bonds is 9. The van der Waals surface area contributed by atoms with E-state index >= 15 is 0 Å². The van der Waals surface area contributed by atoms with Crippen molar-refractivity contribution < 1.29 is 13.9 Å². The maximum absolute atomic E-state index is 13.2. The van der Waals surface area contributed by atoms with E-state index in [1.54, 1.807) is 6.08 Å². The van der Waals surface area contributed by atoms with Gasteiger partial charge in [0.25, 0.3) is 0 Å². The molecule has 0 aromatic heterocycles. The molecule has 5 heteroatoms. The van der Waals surface area contributed by atoms with Gasteiger partial charge in [-0.2, -0.15) is 0 Å². The Balaban J connectivity index is 1.48. The molecule has 0 heterocycles. The number of urea groups is 1. The number of carbonyl (C=O) groups excluding carboxylic acids is 1. The van der Waals surface area contributed by atoms with E-state index in [1.807, 2.05) is 4.90 Å². The number of ether oxygens (including phenoxy) is 1. The van der Waals surface area contributed by atoms with Crippen LogP contribution in [0.25, 0.3) is 0 Å². The zero-order valence-electron chi connectivity index (χ0n) is 15.5. The second-order valence-corrected chi connectivity index (χ2v) is 8.57. The molecule has 4 fully saturated rings. The van der Waals surface area contributed by atoms with Crippen molar-refractivity contribution in [3.63, 3.8) is 0 Å². The van der Waals surface area contributed by atoms with E-state index in [0.29, 0.717) is 0 Å². The molecule has 2 amide bonds. The maximum Gasteiger partial charge on any atom is 0.315 e. The number of allylic oxidation sites excluding steroid dienone is 1. The highest BCUT2D eigenvalue weighted by atomic mass is 19.1. The first-order valence-electron chi connectivity index (χ1n) is 9.93. The molecule has 4 saturated carbocycles. The number of methoxy groups -OCH3 is 1. The summed E-state index contributed by atoms with van der Waals surface area (Å²) in [5, 5.41) is 0. The number of hydrogen-bond acceptors (Lipinski definition) is 2. The summed E-state index contributed by atoms with van der Waals surface area (Å²) in [7, 11) is 1.50. The molecule has 4 nitrogen and oxygen atoms in total. The van der Waals surface area contributed by atoms with Crippen molar-refractivity contribution in [1.82, 2.24) is 4.90 Å². The smallest absolute Gasteiger partial charge is 0.315 e. The third-order valence-electron chi connectivity index (χ3n) is 6.58. The van der Waals surface area contributed by atoms with Crippen molar-refractivity contribution in [3.05, 3.63) is 11.9 Å². The Kier molecular flexibility index (Phi) is 6.03. The van der Waals surface area contributed by atoms with E-state index in [1.165, 1.54) is 26.4 Å². The molecule has 4 aliphatic carbocycles. The highest BCUT2D eigenvalue weighted by Gasteiger charge is 2.54. The van der Waals surface area contributed by atoms with Gasteiger partial charge in [-0.05, 0) is 75.5 Å². The number of primary amides is 1. The minimum atomic E-state index is -0.243. The Morgan fingerprint density at radius 2 is 1.76 bits per heavy atom. The normalized spacial score (nSPS) is 33.7. The molecule has 4 rings (SSSR count). The summed E-state index contributed by atoms with van der Waals surface area (Å²) in [6, 6.07) is -0.243. The van der Waals surface area contributed by atoms with Gasteiger partial charge in [-0.25, -0.2) is 9.18 Å². The van der Waals surface area contributed by atoms with Gasteiger partial charge in [0.2, 0.25) is 0 Å². The first-order chi connectivity index (χ1) is 12.0. The lowest BCUT2D eigenvalue weighted by atomic mass is 9.52. The second kappa shape index (κ2) is 8.07. The molecule has 2 N–H and O–H groups in total. The third-order valence-corrected chi connectivity index (χ3v) is 6.58. The fourth-order valence-corrected chi connectivity index (χ4v) is 6.02. The summed E-state index contributed by atoms with van der Waals surface area (Å²) in [4.78, 5) is 14.2. The number of amides is 2. The molecule has 4 aliphatic rings. The van der Waals surface area contributed by atoms with Crippen molar-refractivity contribution in [3.8, 4) is 0 Å². The van der Waals surface area contributed by atoms with Gasteiger partial charge in [-0.15, -0.1) is 0 Å². The van der Waals surface area contributed by atoms with Crippen molar-refractivity contribution in [2.24, 2.45) is 23.5 Å². The second-order valence-electron chi connectivity index (χ2n) is 8.57. The van der Waals surface area contributed by atoms with E-state index in [0.717, 1.165) is 69.2 Å². The average Bonchev–Trinajstić information content (AvgIpc) is 2.52. The number of carbonyl (C=O) groups is 1. The first kappa shape index (κ1) is 18.7. The molecule has 142 valence electrons. The minimum absolute atomic E-state index is 0.0467. The lowest BCUT2D eigenvalue weighted by molar-refractivity contribution is -0.0694. The van der Waals surface area contributed by atoms with E-state index < -0.39 is 0 Å². The number of unbranched alkanes of at least 4 members (excludes halogenated alkanes) is 3. The molecule has 0 atom stereocenters. The maximum atomic E-state index is 13.2. The van der Waals surface area contributed by atoms with E-state index in [2.05, 4.69) is 0 Å². The highest BCUT2D eigenvalue weighted by molar-refractivity contribution is 5.73. The lowest BCUT2D eigenvalue weighted by Crippen LogP contribution is -2.62. The quantitative estimate of drug-likeness (QED) is 0.626. The molecule has 0 aromatic rings. The summed E-state index contributed by atoms with van der Waals surface area (Å²) in [5.41, 5.74) is 5.83. The van der Waals surface area contributed by atoms with Crippen LogP contribution >= 0.6 is 0 Å². The minimum Gasteiger partial charge on any atom is -0.378 e. The van der Waals surface area contributed by atoms with E-state index in [4.69, 9.17) is 10.5 Å². The van der Waals surface area contributed by atoms with Crippen LogP contribution in [0.3, 0.4) is 0 Å². The Labute approximate surface area is 151 Å². The van der Waals surface area contributed by atoms with Crippen LogP contribution < -0.4 is 5.73 Å². The number of nitrogens with zero attached hydrogens (tertiary/aromatic N) is 1. The molecule has 0 aromatic carbocycles. The summed E-state index contributed by atoms with van der Waals surface area (Å²) in [6.45, 7) is 0.813. The Morgan fingerprint density at radius 1 is 1.16 bits per heavy atom. The van der Waals surface area contributed by atoms with Crippen LogP contribution in [0.1, 0.15) is 64.2 Å². The largest absolute Gasteiger partial charge is 0.378 e. The van der Waals surface area contributed by atoms with Crippen LogP contribution in [-0.2, 0) is 4.74 Å². The standard InChI is InChI=1S/C20H33FN2O2/c1-25-14-18(21)6-4-2-3-5-7-23(19(22)24)20-11-15-8-16(12-20)10-17(9-15)13-20/h6,15-17H,2-5,7-14H2,1H3,(H2,22,24)/b18-6-. The van der Waals surface area contributed by atoms with Crippen LogP contribution in [0.15, 0.2) is 11.9 Å². The van der Waals surface area contributed by atoms with Gasteiger partial charge in [0.1, 0.15) is 5.83 Å². The van der Waals surface area contributed by atoms with Gasteiger partial charge in [0, 0.05) is 19.2 Å².